The van der Waals surface area contributed by atoms with Crippen molar-refractivity contribution in [2.24, 2.45) is 0 Å². The van der Waals surface area contributed by atoms with Crippen LogP contribution in [0.2, 0.25) is 0 Å². The van der Waals surface area contributed by atoms with Crippen LogP contribution in [-0.4, -0.2) is 31.1 Å². The van der Waals surface area contributed by atoms with Crippen LogP contribution in [0.15, 0.2) is 24.3 Å². The van der Waals surface area contributed by atoms with Gasteiger partial charge in [-0.2, -0.15) is 0 Å². The maximum Gasteiger partial charge on any atom is 0.161 e. The molecule has 1 aromatic rings. The van der Waals surface area contributed by atoms with E-state index in [1.54, 1.807) is 6.92 Å². The van der Waals surface area contributed by atoms with Crippen molar-refractivity contribution in [2.45, 2.75) is 25.5 Å². The van der Waals surface area contributed by atoms with E-state index >= 15 is 0 Å². The zero-order valence-electron chi connectivity index (χ0n) is 9.35. The first-order chi connectivity index (χ1) is 7.75. The fourth-order valence-corrected chi connectivity index (χ4v) is 2.72. The average Bonchev–Trinajstić information content (AvgIpc) is 2.90. The molecular formula is C13H15NO2. The molecule has 2 heterocycles. The van der Waals surface area contributed by atoms with Crippen molar-refractivity contribution in [3.63, 3.8) is 0 Å². The van der Waals surface area contributed by atoms with E-state index in [-0.39, 0.29) is 5.78 Å². The number of ether oxygens (including phenoxy) is 1. The molecule has 0 N–H and O–H groups in total. The molecule has 0 aromatic heterocycles. The van der Waals surface area contributed by atoms with Gasteiger partial charge in [0, 0.05) is 17.8 Å². The lowest BCUT2D eigenvalue weighted by Crippen LogP contribution is -2.37. The Bertz CT molecular complexity index is 430. The number of rotatable bonds is 2. The first kappa shape index (κ1) is 9.85. The maximum atomic E-state index is 11.6. The molecule has 1 aromatic carbocycles. The van der Waals surface area contributed by atoms with Gasteiger partial charge in [-0.3, -0.25) is 4.79 Å². The summed E-state index contributed by atoms with van der Waals surface area (Å²) in [6.07, 6.45) is 1.47. The summed E-state index contributed by atoms with van der Waals surface area (Å²) in [5.74, 6) is 0.138. The third-order valence-electron chi connectivity index (χ3n) is 3.49. The minimum atomic E-state index is 0.138. The van der Waals surface area contributed by atoms with E-state index in [9.17, 15) is 4.79 Å². The molecule has 2 fully saturated rings. The first-order valence-corrected chi connectivity index (χ1v) is 5.74. The highest BCUT2D eigenvalue weighted by Crippen LogP contribution is 2.34. The van der Waals surface area contributed by atoms with Gasteiger partial charge in [0.25, 0.3) is 0 Å². The van der Waals surface area contributed by atoms with Crippen LogP contribution in [0, 0.1) is 0 Å². The number of ketones is 1. The predicted octanol–water partition coefficient (Wildman–Crippen LogP) is 1.87. The summed E-state index contributed by atoms with van der Waals surface area (Å²) in [7, 11) is 0. The monoisotopic (exact) mass is 217 g/mol. The van der Waals surface area contributed by atoms with Crippen LogP contribution >= 0.6 is 0 Å². The third kappa shape index (κ3) is 1.43. The molecule has 0 aliphatic carbocycles. The highest BCUT2D eigenvalue weighted by atomic mass is 16.5. The normalized spacial score (nSPS) is 27.4. The zero-order chi connectivity index (χ0) is 11.1. The van der Waals surface area contributed by atoms with Gasteiger partial charge >= 0.3 is 0 Å². The fraction of sp³-hybridized carbons (Fsp3) is 0.462. The molecule has 84 valence electrons. The molecule has 2 aliphatic heterocycles. The van der Waals surface area contributed by atoms with Crippen LogP contribution in [0.5, 0.6) is 0 Å². The number of carbonyl (C=O) groups is 1. The molecule has 2 bridgehead atoms. The summed E-state index contributed by atoms with van der Waals surface area (Å²) in [5, 5.41) is 0. The average molecular weight is 217 g/mol. The molecule has 0 amide bonds. The minimum absolute atomic E-state index is 0.138. The number of anilines is 1. The molecule has 0 saturated carbocycles. The van der Waals surface area contributed by atoms with E-state index in [4.69, 9.17) is 4.74 Å². The molecule has 3 rings (SSSR count). The number of fused-ring (bicyclic) bond motifs is 2. The Morgan fingerprint density at radius 1 is 1.44 bits per heavy atom. The van der Waals surface area contributed by atoms with E-state index in [0.717, 1.165) is 30.8 Å². The molecule has 3 nitrogen and oxygen atoms in total. The van der Waals surface area contributed by atoms with Crippen LogP contribution in [-0.2, 0) is 4.74 Å². The SMILES string of the molecule is CC(=O)c1ccccc1N1CC2CC1CO2. The van der Waals surface area contributed by atoms with Gasteiger partial charge < -0.3 is 9.64 Å². The van der Waals surface area contributed by atoms with Crippen LogP contribution < -0.4 is 4.90 Å². The predicted molar refractivity (Wildman–Crippen MR) is 61.9 cm³/mol. The number of morpholine rings is 1. The lowest BCUT2D eigenvalue weighted by Gasteiger charge is -2.30. The lowest BCUT2D eigenvalue weighted by atomic mass is 10.1. The van der Waals surface area contributed by atoms with Gasteiger partial charge in [0.15, 0.2) is 5.78 Å². The molecular weight excluding hydrogens is 202 g/mol. The van der Waals surface area contributed by atoms with Crippen molar-refractivity contribution in [3.8, 4) is 0 Å². The van der Waals surface area contributed by atoms with Crippen LogP contribution in [0.3, 0.4) is 0 Å². The van der Waals surface area contributed by atoms with Crippen LogP contribution in [0.25, 0.3) is 0 Å². The largest absolute Gasteiger partial charge is 0.374 e. The molecule has 2 saturated heterocycles. The Balaban J connectivity index is 1.97. The Morgan fingerprint density at radius 2 is 2.25 bits per heavy atom. The Morgan fingerprint density at radius 3 is 2.88 bits per heavy atom. The third-order valence-corrected chi connectivity index (χ3v) is 3.49. The molecule has 16 heavy (non-hydrogen) atoms. The van der Waals surface area contributed by atoms with Gasteiger partial charge in [-0.15, -0.1) is 0 Å². The van der Waals surface area contributed by atoms with Crippen molar-refractivity contribution in [2.75, 3.05) is 18.1 Å². The second-order valence-corrected chi connectivity index (χ2v) is 4.57. The summed E-state index contributed by atoms with van der Waals surface area (Å²) in [5.41, 5.74) is 1.90. The molecule has 2 unspecified atom stereocenters. The van der Waals surface area contributed by atoms with Gasteiger partial charge in [0.1, 0.15) is 0 Å². The van der Waals surface area contributed by atoms with Crippen molar-refractivity contribution < 1.29 is 9.53 Å². The molecule has 3 heteroatoms. The first-order valence-electron chi connectivity index (χ1n) is 5.74. The van der Waals surface area contributed by atoms with E-state index in [0.29, 0.717) is 12.1 Å². The number of hydrogen-bond acceptors (Lipinski definition) is 3. The van der Waals surface area contributed by atoms with Gasteiger partial charge in [0.05, 0.1) is 18.8 Å². The molecule has 2 atom stereocenters. The molecule has 2 aliphatic rings. The van der Waals surface area contributed by atoms with E-state index in [1.165, 1.54) is 0 Å². The summed E-state index contributed by atoms with van der Waals surface area (Å²) in [4.78, 5) is 13.9. The summed E-state index contributed by atoms with van der Waals surface area (Å²) >= 11 is 0. The number of benzene rings is 1. The topological polar surface area (TPSA) is 29.5 Å². The summed E-state index contributed by atoms with van der Waals surface area (Å²) < 4.78 is 5.58. The minimum Gasteiger partial charge on any atom is -0.374 e. The summed E-state index contributed by atoms with van der Waals surface area (Å²) in [6, 6.07) is 8.33. The highest BCUT2D eigenvalue weighted by molar-refractivity contribution is 5.99. The summed E-state index contributed by atoms with van der Waals surface area (Å²) in [6.45, 7) is 3.36. The Kier molecular flexibility index (Phi) is 2.21. The second kappa shape index (κ2) is 3.59. The zero-order valence-corrected chi connectivity index (χ0v) is 9.35. The van der Waals surface area contributed by atoms with Crippen molar-refractivity contribution >= 4 is 11.5 Å². The van der Waals surface area contributed by atoms with Gasteiger partial charge in [-0.25, -0.2) is 0 Å². The second-order valence-electron chi connectivity index (χ2n) is 4.57. The fourth-order valence-electron chi connectivity index (χ4n) is 2.72. The van der Waals surface area contributed by atoms with Gasteiger partial charge in [0.2, 0.25) is 0 Å². The number of nitrogens with zero attached hydrogens (tertiary/aromatic N) is 1. The van der Waals surface area contributed by atoms with Gasteiger partial charge in [-0.05, 0) is 25.5 Å². The van der Waals surface area contributed by atoms with E-state index in [1.807, 2.05) is 24.3 Å². The van der Waals surface area contributed by atoms with Crippen molar-refractivity contribution in [1.29, 1.82) is 0 Å². The van der Waals surface area contributed by atoms with Gasteiger partial charge in [-0.1, -0.05) is 12.1 Å². The van der Waals surface area contributed by atoms with Crippen LogP contribution in [0.1, 0.15) is 23.7 Å². The Labute approximate surface area is 95.0 Å². The Hall–Kier alpha value is -1.35. The van der Waals surface area contributed by atoms with Crippen molar-refractivity contribution in [3.05, 3.63) is 29.8 Å². The molecule has 0 radical (unpaired) electrons. The van der Waals surface area contributed by atoms with Crippen LogP contribution in [0.4, 0.5) is 5.69 Å². The quantitative estimate of drug-likeness (QED) is 0.708. The number of carbonyl (C=O) groups excluding carboxylic acids is 1. The maximum absolute atomic E-state index is 11.6. The molecule has 0 spiro atoms. The van der Waals surface area contributed by atoms with Crippen molar-refractivity contribution in [1.82, 2.24) is 0 Å². The standard InChI is InChI=1S/C13H15NO2/c1-9(15)12-4-2-3-5-13(12)14-7-11-6-10(14)8-16-11/h2-5,10-11H,6-8H2,1H3. The number of para-hydroxylation sites is 1. The lowest BCUT2D eigenvalue weighted by molar-refractivity contribution is 0.0979. The van der Waals surface area contributed by atoms with E-state index < -0.39 is 0 Å². The van der Waals surface area contributed by atoms with E-state index in [2.05, 4.69) is 4.90 Å². The number of Topliss-reactive ketones (excluding diaryl/α,β-unsaturated/α-hetero) is 1. The number of hydrogen-bond donors (Lipinski definition) is 0. The smallest absolute Gasteiger partial charge is 0.161 e. The highest BCUT2D eigenvalue weighted by Gasteiger charge is 2.39.